The predicted molar refractivity (Wildman–Crippen MR) is 168 cm³/mol. The Morgan fingerprint density at radius 1 is 0.579 bits per heavy atom. The van der Waals surface area contributed by atoms with Crippen molar-refractivity contribution in [3.63, 3.8) is 0 Å². The van der Waals surface area contributed by atoms with Crippen molar-refractivity contribution in [2.45, 2.75) is 58.8 Å². The van der Waals surface area contributed by atoms with Gasteiger partial charge in [-0.1, -0.05) is 149 Å². The normalized spacial score (nSPS) is 14.7. The van der Waals surface area contributed by atoms with E-state index in [1.807, 2.05) is 0 Å². The van der Waals surface area contributed by atoms with Crippen molar-refractivity contribution in [3.8, 4) is 0 Å². The highest BCUT2D eigenvalue weighted by Crippen LogP contribution is 2.45. The molecule has 0 saturated heterocycles. The molecule has 6 aromatic rings. The summed E-state index contributed by atoms with van der Waals surface area (Å²) < 4.78 is 0. The fourth-order valence-corrected chi connectivity index (χ4v) is 7.56. The summed E-state index contributed by atoms with van der Waals surface area (Å²) in [5, 5.41) is 8.54. The molecule has 0 spiro atoms. The molecule has 0 amide bonds. The summed E-state index contributed by atoms with van der Waals surface area (Å²) in [6, 6.07) is 34.9. The van der Waals surface area contributed by atoms with E-state index in [0.29, 0.717) is 11.8 Å². The second-order valence-electron chi connectivity index (χ2n) is 12.5. The van der Waals surface area contributed by atoms with Crippen molar-refractivity contribution in [3.05, 3.63) is 113 Å². The van der Waals surface area contributed by atoms with Crippen LogP contribution in [0.15, 0.2) is 91.0 Å². The zero-order valence-corrected chi connectivity index (χ0v) is 23.4. The van der Waals surface area contributed by atoms with Crippen molar-refractivity contribution in [1.82, 2.24) is 0 Å². The average Bonchev–Trinajstić information content (AvgIpc) is 2.91. The fourth-order valence-electron chi connectivity index (χ4n) is 7.56. The van der Waals surface area contributed by atoms with E-state index in [0.717, 1.165) is 0 Å². The summed E-state index contributed by atoms with van der Waals surface area (Å²) in [7, 11) is 0. The van der Waals surface area contributed by atoms with Crippen LogP contribution in [0.25, 0.3) is 32.3 Å². The molecule has 6 aromatic carbocycles. The smallest absolute Gasteiger partial charge is 0.0686 e. The largest absolute Gasteiger partial charge is 0.242 e. The van der Waals surface area contributed by atoms with Crippen LogP contribution in [0.2, 0.25) is 0 Å². The van der Waals surface area contributed by atoms with Gasteiger partial charge in [0.2, 0.25) is 6.71 Å². The number of rotatable bonds is 3. The Labute approximate surface area is 227 Å². The highest BCUT2D eigenvalue weighted by Gasteiger charge is 2.41. The minimum atomic E-state index is -0.0960. The van der Waals surface area contributed by atoms with Crippen molar-refractivity contribution >= 4 is 55.4 Å². The Balaban J connectivity index is 1.68. The monoisotopic (exact) mass is 490 g/mol. The molecule has 0 fully saturated rings. The van der Waals surface area contributed by atoms with Crippen LogP contribution in [0.1, 0.15) is 75.6 Å². The number of hydrogen-bond acceptors (Lipinski definition) is 0. The number of fused-ring (bicyclic) bond motifs is 3. The summed E-state index contributed by atoms with van der Waals surface area (Å²) in [6.07, 6.45) is 0. The van der Waals surface area contributed by atoms with E-state index in [-0.39, 0.29) is 12.1 Å². The molecular weight excluding hydrogens is 455 g/mol. The van der Waals surface area contributed by atoms with Crippen LogP contribution < -0.4 is 16.4 Å². The Morgan fingerprint density at radius 3 is 1.87 bits per heavy atom. The lowest BCUT2D eigenvalue weighted by Crippen LogP contribution is -2.60. The van der Waals surface area contributed by atoms with Gasteiger partial charge in [0.25, 0.3) is 0 Å². The zero-order chi connectivity index (χ0) is 26.3. The lowest BCUT2D eigenvalue weighted by molar-refractivity contribution is 0.652. The molecule has 0 aliphatic carbocycles. The van der Waals surface area contributed by atoms with Gasteiger partial charge < -0.3 is 0 Å². The third kappa shape index (κ3) is 3.11. The second kappa shape index (κ2) is 8.21. The zero-order valence-electron chi connectivity index (χ0n) is 23.4. The van der Waals surface area contributed by atoms with Gasteiger partial charge in [-0.2, -0.15) is 0 Å². The minimum Gasteiger partial charge on any atom is -0.0686 e. The molecule has 1 aliphatic rings. The van der Waals surface area contributed by atoms with Gasteiger partial charge in [-0.05, 0) is 66.4 Å². The molecule has 186 valence electrons. The summed E-state index contributed by atoms with van der Waals surface area (Å²) in [5.74, 6) is 0.966. The highest BCUT2D eigenvalue weighted by atomic mass is 14.4. The van der Waals surface area contributed by atoms with E-state index < -0.39 is 0 Å². The quantitative estimate of drug-likeness (QED) is 0.174. The molecule has 0 saturated carbocycles. The molecule has 7 rings (SSSR count). The molecule has 0 atom stereocenters. The van der Waals surface area contributed by atoms with Gasteiger partial charge in [0, 0.05) is 5.41 Å². The lowest BCUT2D eigenvalue weighted by Gasteiger charge is -2.40. The van der Waals surface area contributed by atoms with E-state index in [4.69, 9.17) is 0 Å². The molecule has 0 unspecified atom stereocenters. The first-order valence-electron chi connectivity index (χ1n) is 14.2. The molecule has 1 heteroatoms. The first-order chi connectivity index (χ1) is 18.3. The van der Waals surface area contributed by atoms with Crippen LogP contribution >= 0.6 is 0 Å². The third-order valence-corrected chi connectivity index (χ3v) is 9.25. The average molecular weight is 490 g/mol. The maximum atomic E-state index is 2.53. The second-order valence-corrected chi connectivity index (χ2v) is 12.5. The Bertz CT molecular complexity index is 1810. The SMILES string of the molecule is CC(C)c1cc(C(C)C)c2ccc3c4c(cc5ccc1c2c53)B(c1ccccc1)c1ccccc1C4(C)C. The van der Waals surface area contributed by atoms with E-state index in [1.165, 1.54) is 71.0 Å². The van der Waals surface area contributed by atoms with Crippen LogP contribution in [0.3, 0.4) is 0 Å². The van der Waals surface area contributed by atoms with Crippen LogP contribution in [-0.2, 0) is 5.41 Å². The summed E-state index contributed by atoms with van der Waals surface area (Å²) in [4.78, 5) is 0. The van der Waals surface area contributed by atoms with Crippen molar-refractivity contribution < 1.29 is 0 Å². The Morgan fingerprint density at radius 2 is 1.18 bits per heavy atom. The van der Waals surface area contributed by atoms with Gasteiger partial charge in [0.15, 0.2) is 0 Å². The molecular formula is C37H35B. The molecule has 0 N–H and O–H groups in total. The molecule has 0 aromatic heterocycles. The van der Waals surface area contributed by atoms with Gasteiger partial charge >= 0.3 is 0 Å². The first-order valence-corrected chi connectivity index (χ1v) is 14.2. The molecule has 1 heterocycles. The molecule has 1 aliphatic heterocycles. The van der Waals surface area contributed by atoms with Crippen molar-refractivity contribution in [1.29, 1.82) is 0 Å². The summed E-state index contributed by atoms with van der Waals surface area (Å²) in [5.41, 5.74) is 10.1. The standard InChI is InChI=1S/C37H35B/c1-22(2)29-21-30(23(3)4)27-18-19-28-34-24(16-17-26(29)35(27)34)20-33-36(28)37(5,6)31-14-10-11-15-32(31)38(33)25-12-8-7-9-13-25/h7-23H,1-6H3. The maximum absolute atomic E-state index is 2.53. The third-order valence-electron chi connectivity index (χ3n) is 9.25. The highest BCUT2D eigenvalue weighted by molar-refractivity contribution is 6.96. The van der Waals surface area contributed by atoms with Gasteiger partial charge in [-0.3, -0.25) is 0 Å². The maximum Gasteiger partial charge on any atom is 0.242 e. The molecule has 0 bridgehead atoms. The van der Waals surface area contributed by atoms with Gasteiger partial charge in [-0.25, -0.2) is 0 Å². The first kappa shape index (κ1) is 23.5. The molecule has 0 radical (unpaired) electrons. The fraction of sp³-hybridized carbons (Fsp3) is 0.243. The van der Waals surface area contributed by atoms with E-state index in [2.05, 4.69) is 133 Å². The number of hydrogen-bond donors (Lipinski definition) is 0. The van der Waals surface area contributed by atoms with Gasteiger partial charge in [0.1, 0.15) is 0 Å². The lowest BCUT2D eigenvalue weighted by atomic mass is 9.31. The van der Waals surface area contributed by atoms with Crippen LogP contribution in [-0.4, -0.2) is 6.71 Å². The minimum absolute atomic E-state index is 0.0960. The van der Waals surface area contributed by atoms with E-state index in [1.54, 1.807) is 0 Å². The van der Waals surface area contributed by atoms with E-state index >= 15 is 0 Å². The summed E-state index contributed by atoms with van der Waals surface area (Å²) >= 11 is 0. The predicted octanol–water partition coefficient (Wildman–Crippen LogP) is 7.99. The van der Waals surface area contributed by atoms with Gasteiger partial charge in [-0.15, -0.1) is 0 Å². The van der Waals surface area contributed by atoms with E-state index in [9.17, 15) is 0 Å². The van der Waals surface area contributed by atoms with Crippen molar-refractivity contribution in [2.75, 3.05) is 0 Å². The molecule has 0 nitrogen and oxygen atoms in total. The topological polar surface area (TPSA) is 0 Å². The Hall–Kier alpha value is -3.58. The number of benzene rings is 6. The van der Waals surface area contributed by atoms with Crippen LogP contribution in [0.4, 0.5) is 0 Å². The summed E-state index contributed by atoms with van der Waals surface area (Å²) in [6.45, 7) is 14.4. The Kier molecular flexibility index (Phi) is 5.08. The van der Waals surface area contributed by atoms with Crippen LogP contribution in [0, 0.1) is 0 Å². The molecule has 38 heavy (non-hydrogen) atoms. The van der Waals surface area contributed by atoms with Crippen LogP contribution in [0.5, 0.6) is 0 Å². The van der Waals surface area contributed by atoms with Gasteiger partial charge in [0.05, 0.1) is 0 Å². The van der Waals surface area contributed by atoms with Crippen molar-refractivity contribution in [2.24, 2.45) is 0 Å².